The molecule has 3 unspecified atom stereocenters. The highest BCUT2D eigenvalue weighted by Crippen LogP contribution is 2.26. The average Bonchev–Trinajstić information content (AvgIpc) is 3.02. The van der Waals surface area contributed by atoms with Crippen molar-refractivity contribution in [3.8, 4) is 0 Å². The van der Waals surface area contributed by atoms with Crippen LogP contribution in [0, 0.1) is 0 Å². The number of hydrogen-bond acceptors (Lipinski definition) is 6. The quantitative estimate of drug-likeness (QED) is 0.669. The molecule has 0 aromatic heterocycles. The van der Waals surface area contributed by atoms with Crippen LogP contribution in [0.5, 0.6) is 0 Å². The second kappa shape index (κ2) is 8.12. The highest BCUT2D eigenvalue weighted by Gasteiger charge is 2.30. The van der Waals surface area contributed by atoms with Gasteiger partial charge in [0.25, 0.3) is 0 Å². The van der Waals surface area contributed by atoms with Gasteiger partial charge in [0.15, 0.2) is 0 Å². The molecule has 1 amide bonds. The number of amides is 1. The van der Waals surface area contributed by atoms with Gasteiger partial charge in [0.2, 0.25) is 5.91 Å². The summed E-state index contributed by atoms with van der Waals surface area (Å²) in [6.45, 7) is 2.18. The first kappa shape index (κ1) is 17.5. The minimum Gasteiger partial charge on any atom is -0.462 e. The van der Waals surface area contributed by atoms with Gasteiger partial charge in [-0.25, -0.2) is 0 Å². The number of carbonyl (C=O) groups is 2. The van der Waals surface area contributed by atoms with E-state index < -0.39 is 11.9 Å². The van der Waals surface area contributed by atoms with E-state index >= 15 is 0 Å². The summed E-state index contributed by atoms with van der Waals surface area (Å²) in [5.74, 6) is -0.805. The van der Waals surface area contributed by atoms with Crippen molar-refractivity contribution in [1.29, 1.82) is 0 Å². The second-order valence-corrected chi connectivity index (χ2v) is 5.87. The zero-order chi connectivity index (χ0) is 16.8. The van der Waals surface area contributed by atoms with Gasteiger partial charge in [0.05, 0.1) is 6.10 Å². The minimum absolute atomic E-state index is 0.154. The van der Waals surface area contributed by atoms with E-state index in [0.717, 1.165) is 19.3 Å². The van der Waals surface area contributed by atoms with Crippen LogP contribution in [0.3, 0.4) is 0 Å². The summed E-state index contributed by atoms with van der Waals surface area (Å²) in [4.78, 5) is 24.8. The number of nitrogens with zero attached hydrogens (tertiary/aromatic N) is 1. The molecule has 2 heterocycles. The van der Waals surface area contributed by atoms with Crippen LogP contribution < -0.4 is 11.5 Å². The fourth-order valence-corrected chi connectivity index (χ4v) is 2.66. The maximum atomic E-state index is 11.7. The Morgan fingerprint density at radius 1 is 1.48 bits per heavy atom. The number of rotatable bonds is 7. The number of carbonyl (C=O) groups excluding carboxylic acids is 2. The minimum atomic E-state index is -0.566. The van der Waals surface area contributed by atoms with Crippen molar-refractivity contribution in [2.45, 2.75) is 57.4 Å². The van der Waals surface area contributed by atoms with Crippen molar-refractivity contribution < 1.29 is 19.1 Å². The summed E-state index contributed by atoms with van der Waals surface area (Å²) in [6, 6.07) is -0.566. The van der Waals surface area contributed by atoms with Gasteiger partial charge >= 0.3 is 5.97 Å². The van der Waals surface area contributed by atoms with Gasteiger partial charge in [-0.15, -0.1) is 0 Å². The first-order chi connectivity index (χ1) is 11.0. The molecule has 2 aliphatic rings. The number of nitrogens with two attached hydrogens (primary N) is 2. The Balaban J connectivity index is 1.80. The van der Waals surface area contributed by atoms with Crippen molar-refractivity contribution >= 4 is 11.9 Å². The number of esters is 1. The standard InChI is InChI=1S/C16H25N3O4/c1-2-4-13(17)16(21)22-10-12-6-7-14(23-12)19-8-3-5-11(9-19)15(18)20/h3,8-9,12-14H,2,4-7,10,17H2,1H3,(H2,18,20). The van der Waals surface area contributed by atoms with Crippen LogP contribution in [0.2, 0.25) is 0 Å². The topological polar surface area (TPSA) is 108 Å². The van der Waals surface area contributed by atoms with E-state index in [-0.39, 0.29) is 24.9 Å². The predicted octanol–water partition coefficient (Wildman–Crippen LogP) is 0.751. The van der Waals surface area contributed by atoms with E-state index in [0.29, 0.717) is 18.4 Å². The fourth-order valence-electron chi connectivity index (χ4n) is 2.66. The van der Waals surface area contributed by atoms with E-state index in [1.807, 2.05) is 24.1 Å². The number of allylic oxidation sites excluding steroid dienone is 1. The predicted molar refractivity (Wildman–Crippen MR) is 84.6 cm³/mol. The van der Waals surface area contributed by atoms with Crippen LogP contribution in [0.4, 0.5) is 0 Å². The summed E-state index contributed by atoms with van der Waals surface area (Å²) in [7, 11) is 0. The Kier molecular flexibility index (Phi) is 6.18. The molecule has 0 radical (unpaired) electrons. The maximum absolute atomic E-state index is 11.7. The lowest BCUT2D eigenvalue weighted by Crippen LogP contribution is -2.34. The molecule has 4 N–H and O–H groups in total. The Morgan fingerprint density at radius 3 is 2.96 bits per heavy atom. The van der Waals surface area contributed by atoms with E-state index in [4.69, 9.17) is 20.9 Å². The molecule has 0 saturated carbocycles. The van der Waals surface area contributed by atoms with Gasteiger partial charge in [0.1, 0.15) is 18.9 Å². The molecule has 7 heteroatoms. The van der Waals surface area contributed by atoms with Crippen molar-refractivity contribution in [2.75, 3.05) is 6.61 Å². The van der Waals surface area contributed by atoms with Crippen molar-refractivity contribution in [3.05, 3.63) is 24.0 Å². The van der Waals surface area contributed by atoms with E-state index in [1.54, 1.807) is 6.20 Å². The Bertz CT molecular complexity index is 504. The molecule has 1 fully saturated rings. The largest absolute Gasteiger partial charge is 0.462 e. The van der Waals surface area contributed by atoms with Gasteiger partial charge in [-0.2, -0.15) is 0 Å². The summed E-state index contributed by atoms with van der Waals surface area (Å²) < 4.78 is 11.1. The third kappa shape index (κ3) is 4.80. The average molecular weight is 323 g/mol. The van der Waals surface area contributed by atoms with Gasteiger partial charge in [-0.3, -0.25) is 9.59 Å². The lowest BCUT2D eigenvalue weighted by Gasteiger charge is -2.27. The fraction of sp³-hybridized carbons (Fsp3) is 0.625. The molecule has 0 spiro atoms. The van der Waals surface area contributed by atoms with Crippen LogP contribution in [0.15, 0.2) is 24.0 Å². The molecule has 0 bridgehead atoms. The third-order valence-corrected chi connectivity index (χ3v) is 3.97. The first-order valence-corrected chi connectivity index (χ1v) is 8.03. The van der Waals surface area contributed by atoms with Gasteiger partial charge in [-0.05, 0) is 25.7 Å². The Labute approximate surface area is 136 Å². The molecule has 128 valence electrons. The zero-order valence-electron chi connectivity index (χ0n) is 13.4. The second-order valence-electron chi connectivity index (χ2n) is 5.87. The van der Waals surface area contributed by atoms with Gasteiger partial charge < -0.3 is 25.8 Å². The normalized spacial score (nSPS) is 25.1. The van der Waals surface area contributed by atoms with Crippen LogP contribution >= 0.6 is 0 Å². The Morgan fingerprint density at radius 2 is 2.26 bits per heavy atom. The lowest BCUT2D eigenvalue weighted by atomic mass is 10.1. The molecule has 0 aliphatic carbocycles. The van der Waals surface area contributed by atoms with Crippen LogP contribution in [-0.2, 0) is 19.1 Å². The van der Waals surface area contributed by atoms with E-state index in [2.05, 4.69) is 0 Å². The summed E-state index contributed by atoms with van der Waals surface area (Å²) in [6.07, 6.45) is 8.71. The summed E-state index contributed by atoms with van der Waals surface area (Å²) in [5.41, 5.74) is 11.6. The third-order valence-electron chi connectivity index (χ3n) is 3.97. The summed E-state index contributed by atoms with van der Waals surface area (Å²) >= 11 is 0. The summed E-state index contributed by atoms with van der Waals surface area (Å²) in [5, 5.41) is 0. The van der Waals surface area contributed by atoms with Crippen molar-refractivity contribution in [1.82, 2.24) is 4.90 Å². The van der Waals surface area contributed by atoms with Crippen LogP contribution in [0.25, 0.3) is 0 Å². The highest BCUT2D eigenvalue weighted by molar-refractivity contribution is 5.92. The molecule has 23 heavy (non-hydrogen) atoms. The molecular weight excluding hydrogens is 298 g/mol. The first-order valence-electron chi connectivity index (χ1n) is 8.03. The molecule has 1 saturated heterocycles. The molecule has 0 aromatic carbocycles. The SMILES string of the molecule is CCCC(N)C(=O)OCC1CCC(N2C=CCC(C(N)=O)=C2)O1. The van der Waals surface area contributed by atoms with Crippen LogP contribution in [-0.4, -0.2) is 41.8 Å². The Hall–Kier alpha value is -1.86. The van der Waals surface area contributed by atoms with Gasteiger partial charge in [-0.1, -0.05) is 19.4 Å². The highest BCUT2D eigenvalue weighted by atomic mass is 16.6. The molecular formula is C16H25N3O4. The van der Waals surface area contributed by atoms with Crippen molar-refractivity contribution in [3.63, 3.8) is 0 Å². The van der Waals surface area contributed by atoms with Crippen molar-refractivity contribution in [2.24, 2.45) is 11.5 Å². The lowest BCUT2D eigenvalue weighted by molar-refractivity contribution is -0.150. The van der Waals surface area contributed by atoms with E-state index in [1.165, 1.54) is 0 Å². The maximum Gasteiger partial charge on any atom is 0.322 e. The monoisotopic (exact) mass is 323 g/mol. The molecule has 3 atom stereocenters. The molecule has 7 nitrogen and oxygen atoms in total. The molecule has 0 aromatic rings. The number of ether oxygens (including phenoxy) is 2. The molecule has 2 rings (SSSR count). The number of hydrogen-bond donors (Lipinski definition) is 2. The molecule has 2 aliphatic heterocycles. The smallest absolute Gasteiger partial charge is 0.322 e. The number of primary amides is 1. The van der Waals surface area contributed by atoms with Crippen LogP contribution in [0.1, 0.15) is 39.0 Å². The van der Waals surface area contributed by atoms with Gasteiger partial charge in [0, 0.05) is 18.0 Å². The zero-order valence-corrected chi connectivity index (χ0v) is 13.4. The van der Waals surface area contributed by atoms with E-state index in [9.17, 15) is 9.59 Å².